The zero-order chi connectivity index (χ0) is 61.7. The Morgan fingerprint density at radius 3 is 0.468 bits per heavy atom. The lowest BCUT2D eigenvalue weighted by molar-refractivity contribution is -0.186. The molecule has 0 radical (unpaired) electrons. The van der Waals surface area contributed by atoms with Crippen molar-refractivity contribution in [2.45, 2.75) is 76.2 Å². The molecule has 0 saturated carbocycles. The highest BCUT2D eigenvalue weighted by atomic mass is 16.6. The lowest BCUT2D eigenvalue weighted by Crippen LogP contribution is -2.49. The number of ether oxygens (including phenoxy) is 9. The quantitative estimate of drug-likeness (QED) is 0.0207. The summed E-state index contributed by atoms with van der Waals surface area (Å²) in [5, 5.41) is 107. The minimum absolute atomic E-state index is 0.561. The van der Waals surface area contributed by atoms with Crippen LogP contribution in [-0.4, -0.2) is 242 Å². The number of aliphatic hydroxyl groups excluding tert-OH is 11. The lowest BCUT2D eigenvalue weighted by atomic mass is 9.89. The summed E-state index contributed by atoms with van der Waals surface area (Å²) in [5.74, 6) is -11.3. The van der Waals surface area contributed by atoms with Crippen LogP contribution >= 0.6 is 0 Å². The Bertz CT molecular complexity index is 1880. The number of carbonyl (C=O) groups is 9. The highest BCUT2D eigenvalue weighted by Crippen LogP contribution is 2.32. The van der Waals surface area contributed by atoms with Gasteiger partial charge in [0.1, 0.15) is 95.0 Å². The third kappa shape index (κ3) is 19.8. The van der Waals surface area contributed by atoms with Gasteiger partial charge >= 0.3 is 53.7 Å². The van der Waals surface area contributed by atoms with Crippen LogP contribution in [0.2, 0.25) is 0 Å². The van der Waals surface area contributed by atoms with E-state index in [0.717, 1.165) is 48.5 Å². The Morgan fingerprint density at radius 1 is 0.203 bits per heavy atom. The molecule has 0 aliphatic heterocycles. The van der Waals surface area contributed by atoms with Crippen LogP contribution in [0.1, 0.15) is 76.2 Å². The van der Waals surface area contributed by atoms with Crippen molar-refractivity contribution < 1.29 is 142 Å². The Balaban J connectivity index is 7.34. The number of aliphatic hydroxyl groups is 11. The number of rotatable bonds is 38. The van der Waals surface area contributed by atoms with Crippen LogP contribution in [0.3, 0.4) is 0 Å². The monoisotopic (exact) mass is 1150 g/mol. The molecule has 0 aromatic heterocycles. The summed E-state index contributed by atoms with van der Waals surface area (Å²) < 4.78 is 48.3. The Hall–Kier alpha value is -5.21. The van der Waals surface area contributed by atoms with Gasteiger partial charge in [-0.2, -0.15) is 0 Å². The predicted octanol–water partition coefficient (Wildman–Crippen LogP) is -4.13. The Labute approximate surface area is 457 Å². The van der Waals surface area contributed by atoms with Gasteiger partial charge in [-0.15, -0.1) is 0 Å². The first-order valence-electron chi connectivity index (χ1n) is 24.6. The van der Waals surface area contributed by atoms with Crippen molar-refractivity contribution >= 4 is 53.7 Å². The minimum Gasteiger partial charge on any atom is -0.464 e. The van der Waals surface area contributed by atoms with E-state index in [0.29, 0.717) is 0 Å². The first kappa shape index (κ1) is 73.8. The van der Waals surface area contributed by atoms with E-state index in [4.69, 9.17) is 42.6 Å². The van der Waals surface area contributed by atoms with Crippen LogP contribution in [-0.2, 0) is 85.8 Å². The maximum atomic E-state index is 14.3. The van der Waals surface area contributed by atoms with Gasteiger partial charge in [0.25, 0.3) is 0 Å². The molecule has 11 N–H and O–H groups in total. The molecular weight excluding hydrogens is 1060 g/mol. The van der Waals surface area contributed by atoms with Gasteiger partial charge in [0, 0.05) is 5.41 Å². The second kappa shape index (κ2) is 30.6. The molecule has 0 fully saturated rings. The molecular formula is C50H84O29. The molecule has 0 heterocycles. The largest absolute Gasteiger partial charge is 0.464 e. The Morgan fingerprint density at radius 2 is 0.316 bits per heavy atom. The fraction of sp³-hybridized carbons (Fsp3) is 0.820. The lowest BCUT2D eigenvalue weighted by Gasteiger charge is -2.34. The molecule has 1 atom stereocenters. The van der Waals surface area contributed by atoms with E-state index in [2.05, 4.69) is 0 Å². The highest BCUT2D eigenvalue weighted by molar-refractivity contribution is 5.84. The minimum atomic E-state index is -2.34. The predicted molar refractivity (Wildman–Crippen MR) is 263 cm³/mol. The molecule has 0 spiro atoms. The van der Waals surface area contributed by atoms with Crippen LogP contribution < -0.4 is 0 Å². The average Bonchev–Trinajstić information content (AvgIpc) is 3.45. The van der Waals surface area contributed by atoms with Crippen molar-refractivity contribution in [3.63, 3.8) is 0 Å². The van der Waals surface area contributed by atoms with Gasteiger partial charge < -0.3 is 98.8 Å². The number of esters is 9. The van der Waals surface area contributed by atoms with E-state index >= 15 is 0 Å². The normalized spacial score (nSPS) is 13.7. The van der Waals surface area contributed by atoms with Gasteiger partial charge in [-0.25, -0.2) is 0 Å². The number of carbonyl (C=O) groups excluding carboxylic acids is 9. The van der Waals surface area contributed by atoms with Crippen molar-refractivity contribution in [3.8, 4) is 0 Å². The maximum absolute atomic E-state index is 14.3. The van der Waals surface area contributed by atoms with Crippen LogP contribution in [0.5, 0.6) is 0 Å². The summed E-state index contributed by atoms with van der Waals surface area (Å²) in [6.45, 7) is -5.41. The van der Waals surface area contributed by atoms with Gasteiger partial charge in [-0.05, 0) is 62.3 Å². The van der Waals surface area contributed by atoms with Crippen molar-refractivity contribution in [3.05, 3.63) is 0 Å². The van der Waals surface area contributed by atoms with Crippen molar-refractivity contribution in [1.82, 2.24) is 0 Å². The van der Waals surface area contributed by atoms with E-state index in [1.807, 2.05) is 0 Å². The smallest absolute Gasteiger partial charge is 0.318 e. The molecule has 29 heteroatoms. The molecule has 0 saturated heterocycles. The van der Waals surface area contributed by atoms with Gasteiger partial charge in [0.05, 0.1) is 85.9 Å². The van der Waals surface area contributed by atoms with Crippen LogP contribution in [0.15, 0.2) is 0 Å². The third-order valence-corrected chi connectivity index (χ3v) is 13.1. The molecule has 0 amide bonds. The van der Waals surface area contributed by atoms with Crippen LogP contribution in [0.4, 0.5) is 0 Å². The first-order valence-corrected chi connectivity index (χ1v) is 24.6. The second-order valence-corrected chi connectivity index (χ2v) is 23.1. The summed E-state index contributed by atoms with van der Waals surface area (Å²) in [6.07, 6.45) is 0. The molecule has 0 aromatic rings. The number of hydrogen-bond donors (Lipinski definition) is 11. The van der Waals surface area contributed by atoms with E-state index in [1.54, 1.807) is 0 Å². The topological polar surface area (TPSA) is 459 Å². The number of hydrogen-bond acceptors (Lipinski definition) is 29. The summed E-state index contributed by atoms with van der Waals surface area (Å²) in [4.78, 5) is 121. The average molecular weight is 1150 g/mol. The van der Waals surface area contributed by atoms with Crippen LogP contribution in [0.25, 0.3) is 0 Å². The van der Waals surface area contributed by atoms with Gasteiger partial charge in [-0.3, -0.25) is 43.2 Å². The summed E-state index contributed by atoms with van der Waals surface area (Å²) >= 11 is 0. The second-order valence-electron chi connectivity index (χ2n) is 23.1. The molecule has 0 rings (SSSR count). The Kier molecular flexibility index (Phi) is 28.5. The molecule has 0 bridgehead atoms. The fourth-order valence-corrected chi connectivity index (χ4v) is 5.25. The van der Waals surface area contributed by atoms with Gasteiger partial charge in [0.15, 0.2) is 0 Å². The first-order chi connectivity index (χ1) is 36.3. The zero-order valence-electron chi connectivity index (χ0n) is 46.9. The summed E-state index contributed by atoms with van der Waals surface area (Å²) in [5.41, 5.74) is -19.5. The van der Waals surface area contributed by atoms with Crippen molar-refractivity contribution in [2.24, 2.45) is 54.1 Å². The summed E-state index contributed by atoms with van der Waals surface area (Å²) in [6, 6.07) is 0. The molecule has 79 heavy (non-hydrogen) atoms. The molecule has 0 aliphatic carbocycles. The molecule has 0 aromatic carbocycles. The SMILES string of the molecule is CC(C)(COC(=O)C(C)(CO)COC(=O)C(C)(CO)CO)COC(=O)C(C)(COC(=O)C(C)(COC(=O)C(C)(CO)CO)COC(=O)C(C)(CO)CO)COC(=O)C(C)(COC(=O)C(C)(CO)CO)COC(=O)C(C)(CO)CO. The third-order valence-electron chi connectivity index (χ3n) is 13.1. The zero-order valence-corrected chi connectivity index (χ0v) is 46.9. The van der Waals surface area contributed by atoms with Crippen molar-refractivity contribution in [2.75, 3.05) is 132 Å². The summed E-state index contributed by atoms with van der Waals surface area (Å²) in [7, 11) is 0. The molecule has 29 nitrogen and oxygen atoms in total. The van der Waals surface area contributed by atoms with E-state index in [9.17, 15) is 99.3 Å². The van der Waals surface area contributed by atoms with Crippen molar-refractivity contribution in [1.29, 1.82) is 0 Å². The highest BCUT2D eigenvalue weighted by Gasteiger charge is 2.49. The van der Waals surface area contributed by atoms with E-state index in [1.165, 1.54) is 27.7 Å². The standard InChI is InChI=1S/C50H84O29/c1-41(2,23-71-37(67)47(8,22-61)25-73-32(62)42(3,12-51)13-52)24-72-38(68)48(9,30-78-39(69)49(10,26-74-33(63)43(4,14-53)15-54)27-75-34(64)44(5,16-55)17-56)31-79-40(70)50(11,28-76-35(65)45(6,18-57)19-58)29-77-36(66)46(7,20-59)21-60/h51-61H,12-31H2,1-11H3. The van der Waals surface area contributed by atoms with Crippen LogP contribution in [0, 0.1) is 54.1 Å². The van der Waals surface area contributed by atoms with E-state index < -0.39 is 240 Å². The van der Waals surface area contributed by atoms with Gasteiger partial charge in [0.2, 0.25) is 0 Å². The van der Waals surface area contributed by atoms with E-state index in [-0.39, 0.29) is 0 Å². The van der Waals surface area contributed by atoms with Gasteiger partial charge in [-0.1, -0.05) is 13.8 Å². The molecule has 1 unspecified atom stereocenters. The maximum Gasteiger partial charge on any atom is 0.318 e. The molecule has 458 valence electrons. The fourth-order valence-electron chi connectivity index (χ4n) is 5.25. The molecule has 0 aliphatic rings.